The highest BCUT2D eigenvalue weighted by Gasteiger charge is 2.26. The van der Waals surface area contributed by atoms with Crippen LogP contribution in [0.2, 0.25) is 0 Å². The number of carbonyl (C=O) groups is 1. The zero-order chi connectivity index (χ0) is 12.7. The highest BCUT2D eigenvalue weighted by molar-refractivity contribution is 5.93. The summed E-state index contributed by atoms with van der Waals surface area (Å²) >= 11 is 0. The topological polar surface area (TPSA) is 48.0 Å². The lowest BCUT2D eigenvalue weighted by Gasteiger charge is -2.09. The van der Waals surface area contributed by atoms with E-state index in [2.05, 4.69) is 6.07 Å². The third kappa shape index (κ3) is 2.67. The Bertz CT molecular complexity index is 601. The minimum absolute atomic E-state index is 0. The van der Waals surface area contributed by atoms with Gasteiger partial charge in [0.15, 0.2) is 0 Å². The van der Waals surface area contributed by atoms with Crippen LogP contribution in [0.3, 0.4) is 0 Å². The number of carbonyl (C=O) groups excluding carboxylic acids is 1. The van der Waals surface area contributed by atoms with Gasteiger partial charge in [0, 0.05) is 24.5 Å². The van der Waals surface area contributed by atoms with Crippen LogP contribution in [0.25, 0.3) is 10.9 Å². The molecule has 1 saturated carbocycles. The van der Waals surface area contributed by atoms with Crippen molar-refractivity contribution < 1.29 is 4.79 Å². The molecule has 0 bridgehead atoms. The van der Waals surface area contributed by atoms with Crippen LogP contribution in [0.15, 0.2) is 30.5 Å². The Hall–Kier alpha value is -1.32. The molecule has 19 heavy (non-hydrogen) atoms. The van der Waals surface area contributed by atoms with Gasteiger partial charge in [0.25, 0.3) is 0 Å². The molecule has 4 heteroatoms. The van der Waals surface area contributed by atoms with Gasteiger partial charge in [0.05, 0.1) is 5.52 Å². The molecule has 1 aromatic carbocycles. The van der Waals surface area contributed by atoms with Gasteiger partial charge in [0.2, 0.25) is 5.91 Å². The largest absolute Gasteiger partial charge is 0.324 e. The van der Waals surface area contributed by atoms with Crippen LogP contribution in [0, 0.1) is 5.92 Å². The Balaban J connectivity index is 0.00000133. The molecule has 2 aromatic rings. The standard InChI is InChI=1S/C15H18N2O.ClH/c1-10(18)17-9-13(14(16)8-11-6-7-11)12-4-2-3-5-15(12)17;/h2-5,9,11,14H,6-8,16H2,1H3;1H/t14-;/m0./s1. The SMILES string of the molecule is CC(=O)n1cc([C@@H](N)CC2CC2)c2ccccc21.Cl. The molecule has 0 radical (unpaired) electrons. The molecule has 1 heterocycles. The third-order valence-corrected chi connectivity index (χ3v) is 3.77. The van der Waals surface area contributed by atoms with Crippen LogP contribution < -0.4 is 5.73 Å². The summed E-state index contributed by atoms with van der Waals surface area (Å²) in [7, 11) is 0. The Kier molecular flexibility index (Phi) is 3.97. The van der Waals surface area contributed by atoms with E-state index in [1.165, 1.54) is 12.8 Å². The monoisotopic (exact) mass is 278 g/mol. The van der Waals surface area contributed by atoms with Crippen molar-refractivity contribution in [2.45, 2.75) is 32.2 Å². The number of hydrogen-bond acceptors (Lipinski definition) is 2. The summed E-state index contributed by atoms with van der Waals surface area (Å²) in [5, 5.41) is 1.11. The minimum atomic E-state index is 0. The Morgan fingerprint density at radius 1 is 1.42 bits per heavy atom. The van der Waals surface area contributed by atoms with E-state index in [4.69, 9.17) is 5.73 Å². The fraction of sp³-hybridized carbons (Fsp3) is 0.400. The summed E-state index contributed by atoms with van der Waals surface area (Å²) in [5.41, 5.74) is 8.36. The van der Waals surface area contributed by atoms with Gasteiger partial charge in [-0.1, -0.05) is 31.0 Å². The highest BCUT2D eigenvalue weighted by Crippen LogP contribution is 2.38. The van der Waals surface area contributed by atoms with Gasteiger partial charge in [-0.3, -0.25) is 9.36 Å². The number of fused-ring (bicyclic) bond motifs is 1. The van der Waals surface area contributed by atoms with Crippen molar-refractivity contribution in [1.82, 2.24) is 4.57 Å². The van der Waals surface area contributed by atoms with Crippen molar-refractivity contribution in [1.29, 1.82) is 0 Å². The van der Waals surface area contributed by atoms with E-state index >= 15 is 0 Å². The lowest BCUT2D eigenvalue weighted by molar-refractivity contribution is 0.0941. The lowest BCUT2D eigenvalue weighted by atomic mass is 10.0. The van der Waals surface area contributed by atoms with Gasteiger partial charge in [-0.15, -0.1) is 12.4 Å². The quantitative estimate of drug-likeness (QED) is 0.934. The molecular formula is C15H19ClN2O. The predicted molar refractivity (Wildman–Crippen MR) is 79.8 cm³/mol. The molecule has 1 fully saturated rings. The van der Waals surface area contributed by atoms with Crippen molar-refractivity contribution in [3.05, 3.63) is 36.0 Å². The number of nitrogens with two attached hydrogens (primary N) is 1. The number of rotatable bonds is 3. The van der Waals surface area contributed by atoms with Gasteiger partial charge >= 0.3 is 0 Å². The van der Waals surface area contributed by atoms with Crippen molar-refractivity contribution in [2.75, 3.05) is 0 Å². The molecule has 1 aromatic heterocycles. The first-order valence-corrected chi connectivity index (χ1v) is 6.53. The first-order chi connectivity index (χ1) is 8.66. The number of halogens is 1. The van der Waals surface area contributed by atoms with E-state index in [0.29, 0.717) is 0 Å². The molecule has 0 unspecified atom stereocenters. The Morgan fingerprint density at radius 2 is 2.11 bits per heavy atom. The molecule has 3 rings (SSSR count). The maximum Gasteiger partial charge on any atom is 0.227 e. The van der Waals surface area contributed by atoms with Crippen LogP contribution in [-0.2, 0) is 0 Å². The van der Waals surface area contributed by atoms with E-state index in [1.807, 2.05) is 24.4 Å². The van der Waals surface area contributed by atoms with Crippen LogP contribution in [0.5, 0.6) is 0 Å². The van der Waals surface area contributed by atoms with E-state index < -0.39 is 0 Å². The molecule has 1 aliphatic carbocycles. The smallest absolute Gasteiger partial charge is 0.227 e. The van der Waals surface area contributed by atoms with E-state index in [0.717, 1.165) is 28.8 Å². The lowest BCUT2D eigenvalue weighted by Crippen LogP contribution is -2.11. The van der Waals surface area contributed by atoms with Gasteiger partial charge in [-0.2, -0.15) is 0 Å². The van der Waals surface area contributed by atoms with E-state index in [9.17, 15) is 4.79 Å². The van der Waals surface area contributed by atoms with E-state index in [-0.39, 0.29) is 24.4 Å². The molecule has 2 N–H and O–H groups in total. The fourth-order valence-corrected chi connectivity index (χ4v) is 2.60. The van der Waals surface area contributed by atoms with Crippen LogP contribution >= 0.6 is 12.4 Å². The molecule has 1 aliphatic rings. The molecule has 0 saturated heterocycles. The Labute approximate surface area is 119 Å². The predicted octanol–water partition coefficient (Wildman–Crippen LogP) is 3.52. The first-order valence-electron chi connectivity index (χ1n) is 6.53. The molecule has 0 aliphatic heterocycles. The van der Waals surface area contributed by atoms with Gasteiger partial charge < -0.3 is 5.73 Å². The van der Waals surface area contributed by atoms with Crippen LogP contribution in [0.1, 0.15) is 42.6 Å². The number of benzene rings is 1. The molecule has 0 amide bonds. The van der Waals surface area contributed by atoms with Crippen molar-refractivity contribution in [2.24, 2.45) is 11.7 Å². The number of aromatic nitrogens is 1. The third-order valence-electron chi connectivity index (χ3n) is 3.77. The molecule has 1 atom stereocenters. The zero-order valence-corrected chi connectivity index (χ0v) is 11.8. The summed E-state index contributed by atoms with van der Waals surface area (Å²) in [6.07, 6.45) is 5.56. The molecule has 0 spiro atoms. The summed E-state index contributed by atoms with van der Waals surface area (Å²) in [6, 6.07) is 8.03. The van der Waals surface area contributed by atoms with Gasteiger partial charge in [-0.05, 0) is 24.0 Å². The normalized spacial score (nSPS) is 16.1. The molecule has 3 nitrogen and oxygen atoms in total. The van der Waals surface area contributed by atoms with Crippen LogP contribution in [-0.4, -0.2) is 10.5 Å². The van der Waals surface area contributed by atoms with Gasteiger partial charge in [-0.25, -0.2) is 0 Å². The fourth-order valence-electron chi connectivity index (χ4n) is 2.60. The second-order valence-corrected chi connectivity index (χ2v) is 5.28. The maximum absolute atomic E-state index is 11.7. The first kappa shape index (κ1) is 14.1. The van der Waals surface area contributed by atoms with E-state index in [1.54, 1.807) is 11.5 Å². The van der Waals surface area contributed by atoms with Gasteiger partial charge in [0.1, 0.15) is 0 Å². The molecule has 102 valence electrons. The van der Waals surface area contributed by atoms with Crippen molar-refractivity contribution in [3.8, 4) is 0 Å². The maximum atomic E-state index is 11.7. The second kappa shape index (κ2) is 5.35. The summed E-state index contributed by atoms with van der Waals surface area (Å²) in [6.45, 7) is 1.59. The second-order valence-electron chi connectivity index (χ2n) is 5.28. The number of hydrogen-bond donors (Lipinski definition) is 1. The average molecular weight is 279 g/mol. The summed E-state index contributed by atoms with van der Waals surface area (Å²) in [4.78, 5) is 11.7. The summed E-state index contributed by atoms with van der Waals surface area (Å²) < 4.78 is 1.71. The van der Waals surface area contributed by atoms with Crippen molar-refractivity contribution in [3.63, 3.8) is 0 Å². The highest BCUT2D eigenvalue weighted by atomic mass is 35.5. The number of nitrogens with zero attached hydrogens (tertiary/aromatic N) is 1. The zero-order valence-electron chi connectivity index (χ0n) is 11.0. The Morgan fingerprint density at radius 3 is 2.74 bits per heavy atom. The molecular weight excluding hydrogens is 260 g/mol. The minimum Gasteiger partial charge on any atom is -0.324 e. The average Bonchev–Trinajstić information content (AvgIpc) is 3.07. The van der Waals surface area contributed by atoms with Crippen LogP contribution in [0.4, 0.5) is 0 Å². The van der Waals surface area contributed by atoms with Crippen molar-refractivity contribution >= 4 is 29.2 Å². The number of para-hydroxylation sites is 1. The summed E-state index contributed by atoms with van der Waals surface area (Å²) in [5.74, 6) is 0.829.